The molecule has 0 radical (unpaired) electrons. The van der Waals surface area contributed by atoms with Gasteiger partial charge in [0.25, 0.3) is 0 Å². The molecule has 1 aliphatic carbocycles. The molecule has 0 spiro atoms. The quantitative estimate of drug-likeness (QED) is 0.562. The molecule has 1 aromatic carbocycles. The molecule has 0 aliphatic heterocycles. The predicted molar refractivity (Wildman–Crippen MR) is 62.3 cm³/mol. The van der Waals surface area contributed by atoms with Gasteiger partial charge in [-0.15, -0.1) is 0 Å². The zero-order chi connectivity index (χ0) is 11.5. The van der Waals surface area contributed by atoms with Gasteiger partial charge in [0, 0.05) is 12.0 Å². The van der Waals surface area contributed by atoms with Gasteiger partial charge in [0.2, 0.25) is 0 Å². The molecule has 1 fully saturated rings. The van der Waals surface area contributed by atoms with Crippen molar-refractivity contribution < 1.29 is 9.59 Å². The lowest BCUT2D eigenvalue weighted by Crippen LogP contribution is -2.33. The minimum atomic E-state index is -0.406. The molecule has 1 aliphatic rings. The maximum absolute atomic E-state index is 12.2. The monoisotopic (exact) mass is 216 g/mol. The largest absolute Gasteiger partial charge is 0.299 e. The summed E-state index contributed by atoms with van der Waals surface area (Å²) in [5.41, 5.74) is 0.662. The Morgan fingerprint density at radius 3 is 2.56 bits per heavy atom. The van der Waals surface area contributed by atoms with Gasteiger partial charge in [-0.05, 0) is 18.8 Å². The van der Waals surface area contributed by atoms with Crippen LogP contribution in [-0.4, -0.2) is 11.6 Å². The van der Waals surface area contributed by atoms with Gasteiger partial charge in [0.15, 0.2) is 5.78 Å². The molecule has 1 aromatic rings. The number of rotatable bonds is 2. The van der Waals surface area contributed by atoms with Crippen LogP contribution in [0.1, 0.15) is 36.5 Å². The third-order valence-electron chi connectivity index (χ3n) is 3.34. The molecule has 0 amide bonds. The highest BCUT2D eigenvalue weighted by molar-refractivity contribution is 6.11. The van der Waals surface area contributed by atoms with Gasteiger partial charge >= 0.3 is 0 Å². The number of carbonyl (C=O) groups excluding carboxylic acids is 2. The second-order valence-corrected chi connectivity index (χ2v) is 4.54. The molecule has 0 aromatic heterocycles. The summed E-state index contributed by atoms with van der Waals surface area (Å²) < 4.78 is 0. The summed E-state index contributed by atoms with van der Waals surface area (Å²) in [6.07, 6.45) is 2.47. The second kappa shape index (κ2) is 4.60. The molecule has 2 nitrogen and oxygen atoms in total. The molecule has 0 heterocycles. The summed E-state index contributed by atoms with van der Waals surface area (Å²) in [6.45, 7) is 2.00. The Labute approximate surface area is 95.7 Å². The lowest BCUT2D eigenvalue weighted by atomic mass is 9.75. The van der Waals surface area contributed by atoms with E-state index in [-0.39, 0.29) is 17.5 Å². The first-order valence-corrected chi connectivity index (χ1v) is 5.82. The Morgan fingerprint density at radius 1 is 1.25 bits per heavy atom. The third kappa shape index (κ3) is 2.06. The average molecular weight is 216 g/mol. The highest BCUT2D eigenvalue weighted by atomic mass is 16.2. The Kier molecular flexibility index (Phi) is 3.18. The number of carbonyl (C=O) groups is 2. The molecular formula is C14H16O2. The fourth-order valence-corrected chi connectivity index (χ4v) is 2.42. The molecule has 2 rings (SSSR count). The SMILES string of the molecule is CC1CCCC(=O)C1C(=O)c1ccccc1. The van der Waals surface area contributed by atoms with E-state index in [9.17, 15) is 9.59 Å². The first-order chi connectivity index (χ1) is 7.70. The zero-order valence-corrected chi connectivity index (χ0v) is 9.48. The van der Waals surface area contributed by atoms with E-state index < -0.39 is 5.92 Å². The fourth-order valence-electron chi connectivity index (χ4n) is 2.42. The highest BCUT2D eigenvalue weighted by Crippen LogP contribution is 2.29. The summed E-state index contributed by atoms with van der Waals surface area (Å²) in [5.74, 6) is -0.101. The minimum Gasteiger partial charge on any atom is -0.299 e. The van der Waals surface area contributed by atoms with E-state index in [2.05, 4.69) is 0 Å². The minimum absolute atomic E-state index is 0.00204. The summed E-state index contributed by atoms with van der Waals surface area (Å²) >= 11 is 0. The van der Waals surface area contributed by atoms with Crippen LogP contribution in [0.4, 0.5) is 0 Å². The molecule has 2 heteroatoms. The lowest BCUT2D eigenvalue weighted by Gasteiger charge is -2.26. The first kappa shape index (κ1) is 11.1. The predicted octanol–water partition coefficient (Wildman–Crippen LogP) is 2.87. The van der Waals surface area contributed by atoms with E-state index in [1.807, 2.05) is 25.1 Å². The van der Waals surface area contributed by atoms with Crippen LogP contribution in [-0.2, 0) is 4.79 Å². The van der Waals surface area contributed by atoms with Gasteiger partial charge in [-0.3, -0.25) is 9.59 Å². The molecule has 0 bridgehead atoms. The van der Waals surface area contributed by atoms with Crippen molar-refractivity contribution in [3.8, 4) is 0 Å². The van der Waals surface area contributed by atoms with E-state index in [0.717, 1.165) is 12.8 Å². The summed E-state index contributed by atoms with van der Waals surface area (Å²) in [5, 5.41) is 0. The first-order valence-electron chi connectivity index (χ1n) is 5.82. The standard InChI is InChI=1S/C14H16O2/c1-10-6-5-9-12(15)13(10)14(16)11-7-3-2-4-8-11/h2-4,7-8,10,13H,5-6,9H2,1H3. The van der Waals surface area contributed by atoms with Crippen molar-refractivity contribution in [1.29, 1.82) is 0 Å². The van der Waals surface area contributed by atoms with Crippen molar-refractivity contribution in [1.82, 2.24) is 0 Å². The Hall–Kier alpha value is -1.44. The highest BCUT2D eigenvalue weighted by Gasteiger charge is 2.34. The van der Waals surface area contributed by atoms with Crippen molar-refractivity contribution >= 4 is 11.6 Å². The Bertz CT molecular complexity index is 394. The van der Waals surface area contributed by atoms with Gasteiger partial charge in [0.1, 0.15) is 5.78 Å². The molecule has 16 heavy (non-hydrogen) atoms. The van der Waals surface area contributed by atoms with Crippen LogP contribution >= 0.6 is 0 Å². The molecule has 2 atom stereocenters. The zero-order valence-electron chi connectivity index (χ0n) is 9.48. The van der Waals surface area contributed by atoms with E-state index in [4.69, 9.17) is 0 Å². The van der Waals surface area contributed by atoms with Crippen molar-refractivity contribution in [2.75, 3.05) is 0 Å². The van der Waals surface area contributed by atoms with Crippen molar-refractivity contribution in [3.05, 3.63) is 35.9 Å². The topological polar surface area (TPSA) is 34.1 Å². The van der Waals surface area contributed by atoms with Gasteiger partial charge in [-0.1, -0.05) is 37.3 Å². The molecule has 2 unspecified atom stereocenters. The maximum Gasteiger partial charge on any atom is 0.173 e. The van der Waals surface area contributed by atoms with E-state index in [0.29, 0.717) is 12.0 Å². The molecule has 0 saturated heterocycles. The molecular weight excluding hydrogens is 200 g/mol. The molecule has 84 valence electrons. The van der Waals surface area contributed by atoms with Crippen molar-refractivity contribution in [2.24, 2.45) is 11.8 Å². The fraction of sp³-hybridized carbons (Fsp3) is 0.429. The number of Topliss-reactive ketones (excluding diaryl/α,β-unsaturated/α-hetero) is 2. The van der Waals surface area contributed by atoms with Crippen LogP contribution in [0.3, 0.4) is 0 Å². The van der Waals surface area contributed by atoms with E-state index >= 15 is 0 Å². The summed E-state index contributed by atoms with van der Waals surface area (Å²) in [6, 6.07) is 9.13. The number of hydrogen-bond acceptors (Lipinski definition) is 2. The van der Waals surface area contributed by atoms with Crippen LogP contribution < -0.4 is 0 Å². The number of hydrogen-bond donors (Lipinski definition) is 0. The normalized spacial score (nSPS) is 25.4. The van der Waals surface area contributed by atoms with Crippen LogP contribution in [0.25, 0.3) is 0 Å². The molecule has 0 N–H and O–H groups in total. The van der Waals surface area contributed by atoms with Crippen LogP contribution in [0.5, 0.6) is 0 Å². The van der Waals surface area contributed by atoms with E-state index in [1.54, 1.807) is 12.1 Å². The van der Waals surface area contributed by atoms with Gasteiger partial charge in [0.05, 0.1) is 5.92 Å². The van der Waals surface area contributed by atoms with Crippen LogP contribution in [0.15, 0.2) is 30.3 Å². The number of benzene rings is 1. The second-order valence-electron chi connectivity index (χ2n) is 4.54. The van der Waals surface area contributed by atoms with Crippen molar-refractivity contribution in [3.63, 3.8) is 0 Å². The van der Waals surface area contributed by atoms with Gasteiger partial charge < -0.3 is 0 Å². The molecule has 1 saturated carbocycles. The van der Waals surface area contributed by atoms with Gasteiger partial charge in [-0.2, -0.15) is 0 Å². The van der Waals surface area contributed by atoms with Crippen molar-refractivity contribution in [2.45, 2.75) is 26.2 Å². The Morgan fingerprint density at radius 2 is 1.94 bits per heavy atom. The van der Waals surface area contributed by atoms with Gasteiger partial charge in [-0.25, -0.2) is 0 Å². The smallest absolute Gasteiger partial charge is 0.173 e. The van der Waals surface area contributed by atoms with E-state index in [1.165, 1.54) is 0 Å². The summed E-state index contributed by atoms with van der Waals surface area (Å²) in [4.78, 5) is 24.0. The average Bonchev–Trinajstić information content (AvgIpc) is 2.30. The lowest BCUT2D eigenvalue weighted by molar-refractivity contribution is -0.124. The maximum atomic E-state index is 12.2. The van der Waals surface area contributed by atoms with Crippen LogP contribution in [0.2, 0.25) is 0 Å². The Balaban J connectivity index is 2.23. The summed E-state index contributed by atoms with van der Waals surface area (Å²) in [7, 11) is 0. The number of ketones is 2. The third-order valence-corrected chi connectivity index (χ3v) is 3.34. The van der Waals surface area contributed by atoms with Crippen LogP contribution in [0, 0.1) is 11.8 Å².